The zero-order chi connectivity index (χ0) is 14.4. The molecule has 2 rings (SSSR count). The van der Waals surface area contributed by atoms with Gasteiger partial charge in [-0.05, 0) is 19.0 Å². The Bertz CT molecular complexity index is 422. The lowest BCUT2D eigenvalue weighted by Gasteiger charge is -2.32. The van der Waals surface area contributed by atoms with Crippen LogP contribution in [0.4, 0.5) is 0 Å². The van der Waals surface area contributed by atoms with E-state index in [-0.39, 0.29) is 12.0 Å². The number of carbonyl (C=O) groups excluding carboxylic acids is 1. The molecule has 0 aromatic heterocycles. The molecule has 4 nitrogen and oxygen atoms in total. The van der Waals surface area contributed by atoms with Crippen molar-refractivity contribution in [2.45, 2.75) is 18.9 Å². The third kappa shape index (κ3) is 4.62. The van der Waals surface area contributed by atoms with E-state index < -0.39 is 0 Å². The van der Waals surface area contributed by atoms with Crippen LogP contribution in [0.5, 0.6) is 0 Å². The van der Waals surface area contributed by atoms with Crippen molar-refractivity contribution in [1.82, 2.24) is 9.80 Å². The Morgan fingerprint density at radius 1 is 1.40 bits per heavy atom. The number of aryl methyl sites for hydroxylation is 1. The molecular weight excluding hydrogens is 252 g/mol. The summed E-state index contributed by atoms with van der Waals surface area (Å²) in [5.41, 5.74) is 1.21. The van der Waals surface area contributed by atoms with Crippen LogP contribution in [0.1, 0.15) is 12.0 Å². The fourth-order valence-corrected chi connectivity index (χ4v) is 2.47. The first-order valence-electron chi connectivity index (χ1n) is 7.23. The molecule has 0 N–H and O–H groups in total. The number of hydrogen-bond donors (Lipinski definition) is 0. The number of morpholine rings is 1. The smallest absolute Gasteiger partial charge is 0.222 e. The topological polar surface area (TPSA) is 32.8 Å². The third-order valence-electron chi connectivity index (χ3n) is 3.72. The Labute approximate surface area is 121 Å². The van der Waals surface area contributed by atoms with E-state index in [1.165, 1.54) is 5.56 Å². The van der Waals surface area contributed by atoms with Gasteiger partial charge < -0.3 is 14.5 Å². The monoisotopic (exact) mass is 276 g/mol. The minimum atomic E-state index is 0.138. The van der Waals surface area contributed by atoms with Gasteiger partial charge in [0.05, 0.1) is 12.7 Å². The van der Waals surface area contributed by atoms with Crippen molar-refractivity contribution in [2.24, 2.45) is 0 Å². The van der Waals surface area contributed by atoms with Crippen molar-refractivity contribution >= 4 is 5.91 Å². The molecule has 1 fully saturated rings. The standard InChI is InChI=1S/C16H24N2O2/c1-17-10-11-20-15(12-17)13-18(2)16(19)9-8-14-6-4-3-5-7-14/h3-7,15H,8-13H2,1-2H3. The second-order valence-corrected chi connectivity index (χ2v) is 5.51. The number of carbonyl (C=O) groups is 1. The first kappa shape index (κ1) is 15.0. The van der Waals surface area contributed by atoms with E-state index in [1.807, 2.05) is 25.2 Å². The van der Waals surface area contributed by atoms with E-state index in [0.717, 1.165) is 26.1 Å². The van der Waals surface area contributed by atoms with Gasteiger partial charge in [-0.1, -0.05) is 30.3 Å². The molecule has 1 amide bonds. The third-order valence-corrected chi connectivity index (χ3v) is 3.72. The Hall–Kier alpha value is -1.39. The van der Waals surface area contributed by atoms with Gasteiger partial charge in [-0.2, -0.15) is 0 Å². The molecule has 1 aromatic carbocycles. The first-order chi connectivity index (χ1) is 9.65. The van der Waals surface area contributed by atoms with E-state index in [2.05, 4.69) is 24.1 Å². The summed E-state index contributed by atoms with van der Waals surface area (Å²) in [4.78, 5) is 16.2. The highest BCUT2D eigenvalue weighted by Gasteiger charge is 2.21. The van der Waals surface area contributed by atoms with Gasteiger partial charge >= 0.3 is 0 Å². The normalized spacial score (nSPS) is 19.8. The summed E-state index contributed by atoms with van der Waals surface area (Å²) in [6.07, 6.45) is 1.50. The maximum atomic E-state index is 12.1. The number of likely N-dealkylation sites (N-methyl/N-ethyl adjacent to an activating group) is 2. The molecule has 0 bridgehead atoms. The summed E-state index contributed by atoms with van der Waals surface area (Å²) in [5.74, 6) is 0.186. The van der Waals surface area contributed by atoms with E-state index >= 15 is 0 Å². The van der Waals surface area contributed by atoms with E-state index in [4.69, 9.17) is 4.74 Å². The lowest BCUT2D eigenvalue weighted by atomic mass is 10.1. The maximum Gasteiger partial charge on any atom is 0.222 e. The van der Waals surface area contributed by atoms with Crippen molar-refractivity contribution in [1.29, 1.82) is 0 Å². The van der Waals surface area contributed by atoms with Crippen LogP contribution in [0.2, 0.25) is 0 Å². The highest BCUT2D eigenvalue weighted by atomic mass is 16.5. The van der Waals surface area contributed by atoms with Gasteiger partial charge in [0.1, 0.15) is 0 Å². The van der Waals surface area contributed by atoms with Crippen molar-refractivity contribution in [3.63, 3.8) is 0 Å². The van der Waals surface area contributed by atoms with Crippen LogP contribution in [0.25, 0.3) is 0 Å². The molecule has 0 radical (unpaired) electrons. The number of rotatable bonds is 5. The molecule has 110 valence electrons. The number of hydrogen-bond acceptors (Lipinski definition) is 3. The molecule has 1 heterocycles. The fraction of sp³-hybridized carbons (Fsp3) is 0.562. The van der Waals surface area contributed by atoms with Crippen LogP contribution in [0, 0.1) is 0 Å². The molecular formula is C16H24N2O2. The average Bonchev–Trinajstić information content (AvgIpc) is 2.46. The predicted octanol–water partition coefficient (Wildman–Crippen LogP) is 1.41. The quantitative estimate of drug-likeness (QED) is 0.815. The van der Waals surface area contributed by atoms with Crippen LogP contribution < -0.4 is 0 Å². The van der Waals surface area contributed by atoms with Crippen LogP contribution in [-0.4, -0.2) is 62.1 Å². The molecule has 20 heavy (non-hydrogen) atoms. The van der Waals surface area contributed by atoms with Gasteiger partial charge in [0.15, 0.2) is 0 Å². The Kier molecular flexibility index (Phi) is 5.56. The summed E-state index contributed by atoms with van der Waals surface area (Å²) in [6, 6.07) is 10.1. The lowest BCUT2D eigenvalue weighted by Crippen LogP contribution is -2.46. The van der Waals surface area contributed by atoms with Crippen molar-refractivity contribution < 1.29 is 9.53 Å². The van der Waals surface area contributed by atoms with Crippen LogP contribution in [0.3, 0.4) is 0 Å². The number of amides is 1. The number of ether oxygens (including phenoxy) is 1. The molecule has 0 saturated carbocycles. The van der Waals surface area contributed by atoms with E-state index in [9.17, 15) is 4.79 Å². The Morgan fingerprint density at radius 3 is 2.85 bits per heavy atom. The zero-order valence-corrected chi connectivity index (χ0v) is 12.4. The van der Waals surface area contributed by atoms with E-state index in [0.29, 0.717) is 13.0 Å². The zero-order valence-electron chi connectivity index (χ0n) is 12.4. The van der Waals surface area contributed by atoms with Crippen LogP contribution >= 0.6 is 0 Å². The van der Waals surface area contributed by atoms with Gasteiger partial charge in [-0.15, -0.1) is 0 Å². The summed E-state index contributed by atoms with van der Waals surface area (Å²) in [7, 11) is 3.96. The molecule has 1 aromatic rings. The Morgan fingerprint density at radius 2 is 2.15 bits per heavy atom. The molecule has 1 saturated heterocycles. The summed E-state index contributed by atoms with van der Waals surface area (Å²) in [6.45, 7) is 3.31. The summed E-state index contributed by atoms with van der Waals surface area (Å²) in [5, 5.41) is 0. The highest BCUT2D eigenvalue weighted by Crippen LogP contribution is 2.07. The molecule has 0 aliphatic carbocycles. The minimum absolute atomic E-state index is 0.138. The number of benzene rings is 1. The summed E-state index contributed by atoms with van der Waals surface area (Å²) < 4.78 is 5.70. The maximum absolute atomic E-state index is 12.1. The molecule has 0 spiro atoms. The van der Waals surface area contributed by atoms with Crippen LogP contribution in [-0.2, 0) is 16.0 Å². The predicted molar refractivity (Wildman–Crippen MR) is 79.6 cm³/mol. The molecule has 1 atom stereocenters. The van der Waals surface area contributed by atoms with Gasteiger partial charge in [-0.25, -0.2) is 0 Å². The Balaban J connectivity index is 1.74. The molecule has 1 unspecified atom stereocenters. The van der Waals surface area contributed by atoms with Gasteiger partial charge in [0.25, 0.3) is 0 Å². The van der Waals surface area contributed by atoms with Gasteiger partial charge in [-0.3, -0.25) is 4.79 Å². The van der Waals surface area contributed by atoms with Crippen molar-refractivity contribution in [3.8, 4) is 0 Å². The largest absolute Gasteiger partial charge is 0.374 e. The second-order valence-electron chi connectivity index (χ2n) is 5.51. The molecule has 4 heteroatoms. The second kappa shape index (κ2) is 7.41. The fourth-order valence-electron chi connectivity index (χ4n) is 2.47. The molecule has 1 aliphatic heterocycles. The minimum Gasteiger partial charge on any atom is -0.374 e. The van der Waals surface area contributed by atoms with E-state index in [1.54, 1.807) is 4.90 Å². The summed E-state index contributed by atoms with van der Waals surface area (Å²) >= 11 is 0. The van der Waals surface area contributed by atoms with Gasteiger partial charge in [0, 0.05) is 33.1 Å². The lowest BCUT2D eigenvalue weighted by molar-refractivity contribution is -0.132. The molecule has 1 aliphatic rings. The average molecular weight is 276 g/mol. The van der Waals surface area contributed by atoms with Crippen molar-refractivity contribution in [2.75, 3.05) is 40.3 Å². The highest BCUT2D eigenvalue weighted by molar-refractivity contribution is 5.76. The first-order valence-corrected chi connectivity index (χ1v) is 7.23. The van der Waals surface area contributed by atoms with Gasteiger partial charge in [0.2, 0.25) is 5.91 Å². The van der Waals surface area contributed by atoms with Crippen LogP contribution in [0.15, 0.2) is 30.3 Å². The number of nitrogens with zero attached hydrogens (tertiary/aromatic N) is 2. The SMILES string of the molecule is CN1CCOC(CN(C)C(=O)CCc2ccccc2)C1. The van der Waals surface area contributed by atoms with Crippen molar-refractivity contribution in [3.05, 3.63) is 35.9 Å².